The maximum Gasteiger partial charge on any atom is 0.250 e. The van der Waals surface area contributed by atoms with Gasteiger partial charge >= 0.3 is 0 Å². The first-order chi connectivity index (χ1) is 20.7. The topological polar surface area (TPSA) is 85.9 Å². The highest BCUT2D eigenvalue weighted by atomic mass is 19.2. The van der Waals surface area contributed by atoms with E-state index in [1.165, 1.54) is 19.2 Å². The van der Waals surface area contributed by atoms with Gasteiger partial charge in [-0.2, -0.15) is 0 Å². The molecule has 43 heavy (non-hydrogen) atoms. The molecular formula is C34H30F2N2O5. The van der Waals surface area contributed by atoms with Gasteiger partial charge in [0.25, 0.3) is 5.43 Å². The SMILES string of the molecule is COc1cccc(-c2c(Nc3cccc(C(NC(C)c4ccc(F)c(F)c4)c4ccc(OC)c(OC)c4)c3)c(=O)c2=O)c1. The number of nitrogens with one attached hydrogen (secondary N) is 2. The number of benzene rings is 4. The molecule has 220 valence electrons. The number of anilines is 2. The first-order valence-electron chi connectivity index (χ1n) is 13.5. The molecule has 9 heteroatoms. The van der Waals surface area contributed by atoms with Gasteiger partial charge in [0.1, 0.15) is 11.4 Å². The molecule has 5 aromatic rings. The summed E-state index contributed by atoms with van der Waals surface area (Å²) >= 11 is 0. The minimum absolute atomic E-state index is 0.196. The number of hydrogen-bond donors (Lipinski definition) is 2. The van der Waals surface area contributed by atoms with Crippen LogP contribution >= 0.6 is 0 Å². The van der Waals surface area contributed by atoms with Crippen LogP contribution in [0.3, 0.4) is 0 Å². The summed E-state index contributed by atoms with van der Waals surface area (Å²) in [6.07, 6.45) is 0. The van der Waals surface area contributed by atoms with Gasteiger partial charge in [-0.1, -0.05) is 36.4 Å². The predicted octanol–water partition coefficient (Wildman–Crippen LogP) is 6.44. The molecule has 5 rings (SSSR count). The highest BCUT2D eigenvalue weighted by Gasteiger charge is 2.24. The van der Waals surface area contributed by atoms with Crippen LogP contribution in [0.2, 0.25) is 0 Å². The second-order valence-corrected chi connectivity index (χ2v) is 10.0. The van der Waals surface area contributed by atoms with Crippen LogP contribution in [0.15, 0.2) is 94.5 Å². The molecule has 0 saturated heterocycles. The van der Waals surface area contributed by atoms with E-state index >= 15 is 0 Å². The molecule has 2 unspecified atom stereocenters. The van der Waals surface area contributed by atoms with Crippen LogP contribution < -0.4 is 35.7 Å². The van der Waals surface area contributed by atoms with E-state index in [1.807, 2.05) is 37.3 Å². The molecule has 0 aliphatic carbocycles. The van der Waals surface area contributed by atoms with Gasteiger partial charge in [0.05, 0.1) is 32.9 Å². The maximum atomic E-state index is 14.1. The van der Waals surface area contributed by atoms with E-state index < -0.39 is 34.6 Å². The summed E-state index contributed by atoms with van der Waals surface area (Å²) in [4.78, 5) is 25.2. The molecule has 0 radical (unpaired) electrons. The van der Waals surface area contributed by atoms with Crippen LogP contribution in [0.5, 0.6) is 17.2 Å². The Morgan fingerprint density at radius 2 is 1.40 bits per heavy atom. The van der Waals surface area contributed by atoms with Gasteiger partial charge in [0, 0.05) is 11.7 Å². The molecule has 7 nitrogen and oxygen atoms in total. The van der Waals surface area contributed by atoms with E-state index in [1.54, 1.807) is 50.6 Å². The Kier molecular flexibility index (Phi) is 8.54. The van der Waals surface area contributed by atoms with Gasteiger partial charge in [0.2, 0.25) is 5.43 Å². The average molecular weight is 585 g/mol. The Labute approximate surface area is 247 Å². The summed E-state index contributed by atoms with van der Waals surface area (Å²) in [6, 6.07) is 22.8. The normalized spacial score (nSPS) is 12.5. The lowest BCUT2D eigenvalue weighted by molar-refractivity contribution is 0.354. The summed E-state index contributed by atoms with van der Waals surface area (Å²) < 4.78 is 43.9. The van der Waals surface area contributed by atoms with Gasteiger partial charge < -0.3 is 19.5 Å². The van der Waals surface area contributed by atoms with Crippen LogP contribution in [0.4, 0.5) is 20.2 Å². The fraction of sp³-hybridized carbons (Fsp3) is 0.176. The first-order valence-corrected chi connectivity index (χ1v) is 13.5. The lowest BCUT2D eigenvalue weighted by Crippen LogP contribution is -2.35. The van der Waals surface area contributed by atoms with Crippen molar-refractivity contribution < 1.29 is 23.0 Å². The van der Waals surface area contributed by atoms with Crippen LogP contribution in [0.1, 0.15) is 35.7 Å². The molecule has 0 fully saturated rings. The second kappa shape index (κ2) is 12.5. The predicted molar refractivity (Wildman–Crippen MR) is 162 cm³/mol. The summed E-state index contributed by atoms with van der Waals surface area (Å²) in [7, 11) is 4.62. The molecule has 2 N–H and O–H groups in total. The van der Waals surface area contributed by atoms with Crippen LogP contribution in [0, 0.1) is 11.6 Å². The summed E-state index contributed by atoms with van der Waals surface area (Å²) in [5.41, 5.74) is 2.64. The monoisotopic (exact) mass is 584 g/mol. The molecule has 0 aliphatic heterocycles. The smallest absolute Gasteiger partial charge is 0.250 e. The third-order valence-corrected chi connectivity index (χ3v) is 7.36. The summed E-state index contributed by atoms with van der Waals surface area (Å²) in [6.45, 7) is 1.85. The van der Waals surface area contributed by atoms with Crippen molar-refractivity contribution in [1.82, 2.24) is 5.32 Å². The third-order valence-electron chi connectivity index (χ3n) is 7.36. The van der Waals surface area contributed by atoms with Crippen molar-refractivity contribution in [2.24, 2.45) is 0 Å². The quantitative estimate of drug-likeness (QED) is 0.173. The lowest BCUT2D eigenvalue weighted by atomic mass is 9.95. The van der Waals surface area contributed by atoms with E-state index in [9.17, 15) is 18.4 Å². The van der Waals surface area contributed by atoms with Gasteiger partial charge in [-0.05, 0) is 77.7 Å². The Bertz CT molecular complexity index is 1850. The van der Waals surface area contributed by atoms with E-state index in [4.69, 9.17) is 14.2 Å². The maximum absolute atomic E-state index is 14.1. The molecular weight excluding hydrogens is 554 g/mol. The minimum Gasteiger partial charge on any atom is -0.497 e. The zero-order valence-corrected chi connectivity index (χ0v) is 24.0. The van der Waals surface area contributed by atoms with E-state index in [0.717, 1.165) is 17.2 Å². The summed E-state index contributed by atoms with van der Waals surface area (Å²) in [5, 5.41) is 6.65. The largest absolute Gasteiger partial charge is 0.497 e. The molecule has 0 aromatic heterocycles. The molecule has 0 saturated carbocycles. The highest BCUT2D eigenvalue weighted by molar-refractivity contribution is 5.85. The molecule has 0 bridgehead atoms. The Balaban J connectivity index is 1.52. The second-order valence-electron chi connectivity index (χ2n) is 10.0. The number of ether oxygens (including phenoxy) is 3. The fourth-order valence-electron chi connectivity index (χ4n) is 5.05. The number of halogens is 2. The highest BCUT2D eigenvalue weighted by Crippen LogP contribution is 2.35. The number of hydrogen-bond acceptors (Lipinski definition) is 7. The Morgan fingerprint density at radius 1 is 0.674 bits per heavy atom. The van der Waals surface area contributed by atoms with Crippen molar-refractivity contribution in [1.29, 1.82) is 0 Å². The Hall–Kier alpha value is -5.02. The van der Waals surface area contributed by atoms with Crippen molar-refractivity contribution in [2.45, 2.75) is 19.0 Å². The standard InChI is InChI=1S/C34H30F2N2O5/c1-19(20-11-13-26(35)27(36)17-20)37-31(23-12-14-28(42-3)29(18-23)43-4)22-8-5-9-24(15-22)38-32-30(33(39)34(32)40)21-7-6-10-25(16-21)41-2/h5-19,31,37-38H,1-4H3. The molecule has 0 aliphatic rings. The molecule has 5 aromatic carbocycles. The van der Waals surface area contributed by atoms with Gasteiger partial charge in [-0.15, -0.1) is 0 Å². The van der Waals surface area contributed by atoms with Gasteiger partial charge in [-0.3, -0.25) is 14.9 Å². The first kappa shape index (κ1) is 29.5. The van der Waals surface area contributed by atoms with Gasteiger partial charge in [0.15, 0.2) is 23.1 Å². The van der Waals surface area contributed by atoms with Crippen LogP contribution in [-0.4, -0.2) is 21.3 Å². The van der Waals surface area contributed by atoms with Gasteiger partial charge in [-0.25, -0.2) is 8.78 Å². The van der Waals surface area contributed by atoms with Crippen molar-refractivity contribution in [2.75, 3.05) is 26.6 Å². The average Bonchev–Trinajstić information content (AvgIpc) is 3.04. The van der Waals surface area contributed by atoms with Crippen molar-refractivity contribution in [3.8, 4) is 28.4 Å². The van der Waals surface area contributed by atoms with E-state index in [2.05, 4.69) is 10.6 Å². The zero-order valence-electron chi connectivity index (χ0n) is 24.0. The van der Waals surface area contributed by atoms with Crippen LogP contribution in [-0.2, 0) is 0 Å². The van der Waals surface area contributed by atoms with E-state index in [-0.39, 0.29) is 11.3 Å². The van der Waals surface area contributed by atoms with Crippen molar-refractivity contribution in [3.63, 3.8) is 0 Å². The number of rotatable bonds is 11. The van der Waals surface area contributed by atoms with Crippen molar-refractivity contribution in [3.05, 3.63) is 134 Å². The lowest BCUT2D eigenvalue weighted by Gasteiger charge is -2.26. The molecule has 2 atom stereocenters. The summed E-state index contributed by atoms with van der Waals surface area (Å²) in [5.74, 6) is -0.206. The minimum atomic E-state index is -0.931. The Morgan fingerprint density at radius 3 is 2.12 bits per heavy atom. The molecule has 0 heterocycles. The van der Waals surface area contributed by atoms with E-state index in [0.29, 0.717) is 34.1 Å². The number of methoxy groups -OCH3 is 3. The van der Waals surface area contributed by atoms with Crippen molar-refractivity contribution >= 4 is 11.4 Å². The third kappa shape index (κ3) is 5.98. The fourth-order valence-corrected chi connectivity index (χ4v) is 5.05. The van der Waals surface area contributed by atoms with Crippen LogP contribution in [0.25, 0.3) is 11.1 Å². The zero-order chi connectivity index (χ0) is 30.7. The molecule has 0 amide bonds. The molecule has 0 spiro atoms.